The zero-order valence-electron chi connectivity index (χ0n) is 12.0. The SMILES string of the molecule is Cc1ccc(OC[C@H](O)CNC2CCCC2)cc1C. The minimum Gasteiger partial charge on any atom is -0.491 e. The van der Waals surface area contributed by atoms with Gasteiger partial charge in [-0.15, -0.1) is 0 Å². The van der Waals surface area contributed by atoms with Gasteiger partial charge in [0, 0.05) is 12.6 Å². The smallest absolute Gasteiger partial charge is 0.119 e. The molecule has 19 heavy (non-hydrogen) atoms. The maximum atomic E-state index is 9.91. The van der Waals surface area contributed by atoms with E-state index >= 15 is 0 Å². The third-order valence-corrected chi connectivity index (χ3v) is 3.92. The van der Waals surface area contributed by atoms with Crippen molar-refractivity contribution in [3.63, 3.8) is 0 Å². The van der Waals surface area contributed by atoms with E-state index in [1.54, 1.807) is 0 Å². The summed E-state index contributed by atoms with van der Waals surface area (Å²) in [6.45, 7) is 5.12. The molecule has 2 N–H and O–H groups in total. The topological polar surface area (TPSA) is 41.5 Å². The van der Waals surface area contributed by atoms with Crippen LogP contribution in [0.3, 0.4) is 0 Å². The van der Waals surface area contributed by atoms with Gasteiger partial charge in [-0.1, -0.05) is 18.9 Å². The molecule has 1 aliphatic carbocycles. The van der Waals surface area contributed by atoms with Crippen molar-refractivity contribution in [2.45, 2.75) is 51.7 Å². The van der Waals surface area contributed by atoms with Gasteiger partial charge in [-0.25, -0.2) is 0 Å². The molecule has 2 rings (SSSR count). The molecule has 0 aliphatic heterocycles. The van der Waals surface area contributed by atoms with E-state index in [0.717, 1.165) is 5.75 Å². The maximum absolute atomic E-state index is 9.91. The largest absolute Gasteiger partial charge is 0.491 e. The lowest BCUT2D eigenvalue weighted by molar-refractivity contribution is 0.104. The van der Waals surface area contributed by atoms with E-state index in [9.17, 15) is 5.11 Å². The molecule has 1 aromatic rings. The zero-order valence-corrected chi connectivity index (χ0v) is 12.0. The van der Waals surface area contributed by atoms with Crippen LogP contribution in [0.25, 0.3) is 0 Å². The molecule has 0 heterocycles. The molecule has 1 atom stereocenters. The first kappa shape index (κ1) is 14.4. The Morgan fingerprint density at radius 1 is 1.26 bits per heavy atom. The van der Waals surface area contributed by atoms with E-state index < -0.39 is 6.10 Å². The van der Waals surface area contributed by atoms with Crippen LogP contribution in [-0.2, 0) is 0 Å². The number of benzene rings is 1. The van der Waals surface area contributed by atoms with Crippen LogP contribution in [0.1, 0.15) is 36.8 Å². The van der Waals surface area contributed by atoms with Crippen LogP contribution in [0.4, 0.5) is 0 Å². The quantitative estimate of drug-likeness (QED) is 0.829. The number of hydrogen-bond donors (Lipinski definition) is 2. The van der Waals surface area contributed by atoms with Gasteiger partial charge in [0.25, 0.3) is 0 Å². The van der Waals surface area contributed by atoms with E-state index in [2.05, 4.69) is 19.2 Å². The normalized spacial score (nSPS) is 17.6. The van der Waals surface area contributed by atoms with Crippen molar-refractivity contribution in [2.24, 2.45) is 0 Å². The second-order valence-corrected chi connectivity index (χ2v) is 5.60. The molecule has 0 unspecified atom stereocenters. The summed E-state index contributed by atoms with van der Waals surface area (Å²) >= 11 is 0. The first-order chi connectivity index (χ1) is 9.15. The minimum atomic E-state index is -0.442. The summed E-state index contributed by atoms with van der Waals surface area (Å²) in [5.41, 5.74) is 2.48. The Hall–Kier alpha value is -1.06. The van der Waals surface area contributed by atoms with Crippen molar-refractivity contribution in [1.29, 1.82) is 0 Å². The van der Waals surface area contributed by atoms with Crippen molar-refractivity contribution in [3.8, 4) is 5.75 Å². The molecule has 1 aliphatic rings. The fourth-order valence-corrected chi connectivity index (χ4v) is 2.49. The highest BCUT2D eigenvalue weighted by Crippen LogP contribution is 2.18. The van der Waals surface area contributed by atoms with Crippen LogP contribution in [0, 0.1) is 13.8 Å². The number of ether oxygens (including phenoxy) is 1. The second kappa shape index (κ2) is 6.92. The summed E-state index contributed by atoms with van der Waals surface area (Å²) in [5.74, 6) is 0.836. The van der Waals surface area contributed by atoms with E-state index in [0.29, 0.717) is 19.2 Å². The van der Waals surface area contributed by atoms with Gasteiger partial charge in [-0.05, 0) is 49.9 Å². The van der Waals surface area contributed by atoms with Gasteiger partial charge >= 0.3 is 0 Å². The molecule has 1 fully saturated rings. The van der Waals surface area contributed by atoms with Crippen LogP contribution in [0.2, 0.25) is 0 Å². The van der Waals surface area contributed by atoms with Gasteiger partial charge in [-0.3, -0.25) is 0 Å². The average molecular weight is 263 g/mol. The number of rotatable bonds is 6. The first-order valence-corrected chi connectivity index (χ1v) is 7.26. The zero-order chi connectivity index (χ0) is 13.7. The van der Waals surface area contributed by atoms with Crippen molar-refractivity contribution in [1.82, 2.24) is 5.32 Å². The highest BCUT2D eigenvalue weighted by atomic mass is 16.5. The predicted molar refractivity (Wildman–Crippen MR) is 77.7 cm³/mol. The Morgan fingerprint density at radius 3 is 2.68 bits per heavy atom. The second-order valence-electron chi connectivity index (χ2n) is 5.60. The fraction of sp³-hybridized carbons (Fsp3) is 0.625. The molecule has 0 spiro atoms. The third-order valence-electron chi connectivity index (χ3n) is 3.92. The van der Waals surface area contributed by atoms with Crippen LogP contribution in [-0.4, -0.2) is 30.4 Å². The lowest BCUT2D eigenvalue weighted by Gasteiger charge is -2.17. The van der Waals surface area contributed by atoms with Crippen molar-refractivity contribution >= 4 is 0 Å². The molecule has 3 nitrogen and oxygen atoms in total. The van der Waals surface area contributed by atoms with Crippen molar-refractivity contribution in [2.75, 3.05) is 13.2 Å². The number of aliphatic hydroxyl groups excluding tert-OH is 1. The van der Waals surface area contributed by atoms with Gasteiger partial charge < -0.3 is 15.2 Å². The summed E-state index contributed by atoms with van der Waals surface area (Å²) in [6.07, 6.45) is 4.66. The lowest BCUT2D eigenvalue weighted by atomic mass is 10.1. The van der Waals surface area contributed by atoms with E-state index in [1.807, 2.05) is 18.2 Å². The average Bonchev–Trinajstić information content (AvgIpc) is 2.91. The van der Waals surface area contributed by atoms with E-state index in [4.69, 9.17) is 4.74 Å². The molecule has 0 amide bonds. The summed E-state index contributed by atoms with van der Waals surface area (Å²) in [4.78, 5) is 0. The summed E-state index contributed by atoms with van der Waals surface area (Å²) in [6, 6.07) is 6.62. The third kappa shape index (κ3) is 4.51. The van der Waals surface area contributed by atoms with Gasteiger partial charge in [0.1, 0.15) is 18.5 Å². The predicted octanol–water partition coefficient (Wildman–Crippen LogP) is 2.58. The number of aryl methyl sites for hydroxylation is 2. The highest BCUT2D eigenvalue weighted by molar-refractivity contribution is 5.33. The standard InChI is InChI=1S/C16H25NO2/c1-12-7-8-16(9-13(12)2)19-11-15(18)10-17-14-5-3-4-6-14/h7-9,14-15,17-18H,3-6,10-11H2,1-2H3/t15-/m1/s1. The molecule has 0 radical (unpaired) electrons. The van der Waals surface area contributed by atoms with Crippen LogP contribution in [0.15, 0.2) is 18.2 Å². The summed E-state index contributed by atoms with van der Waals surface area (Å²) in [7, 11) is 0. The van der Waals surface area contributed by atoms with Crippen molar-refractivity contribution < 1.29 is 9.84 Å². The monoisotopic (exact) mass is 263 g/mol. The number of aliphatic hydroxyl groups is 1. The molecule has 1 aromatic carbocycles. The van der Waals surface area contributed by atoms with E-state index in [-0.39, 0.29) is 0 Å². The molecule has 0 aromatic heterocycles. The van der Waals surface area contributed by atoms with Crippen LogP contribution >= 0.6 is 0 Å². The fourth-order valence-electron chi connectivity index (χ4n) is 2.49. The Balaban J connectivity index is 1.70. The highest BCUT2D eigenvalue weighted by Gasteiger charge is 2.15. The van der Waals surface area contributed by atoms with Gasteiger partial charge in [-0.2, -0.15) is 0 Å². The van der Waals surface area contributed by atoms with E-state index in [1.165, 1.54) is 36.8 Å². The summed E-state index contributed by atoms with van der Waals surface area (Å²) in [5, 5.41) is 13.3. The number of nitrogens with one attached hydrogen (secondary N) is 1. The van der Waals surface area contributed by atoms with Crippen LogP contribution in [0.5, 0.6) is 5.75 Å². The Kier molecular flexibility index (Phi) is 5.23. The molecular formula is C16H25NO2. The first-order valence-electron chi connectivity index (χ1n) is 7.26. The molecule has 3 heteroatoms. The Morgan fingerprint density at radius 2 is 2.00 bits per heavy atom. The molecule has 0 bridgehead atoms. The number of hydrogen-bond acceptors (Lipinski definition) is 3. The molecular weight excluding hydrogens is 238 g/mol. The van der Waals surface area contributed by atoms with Gasteiger partial charge in [0.2, 0.25) is 0 Å². The van der Waals surface area contributed by atoms with Gasteiger partial charge in [0.15, 0.2) is 0 Å². The maximum Gasteiger partial charge on any atom is 0.119 e. The van der Waals surface area contributed by atoms with Crippen molar-refractivity contribution in [3.05, 3.63) is 29.3 Å². The Labute approximate surface area is 116 Å². The Bertz CT molecular complexity index is 400. The summed E-state index contributed by atoms with van der Waals surface area (Å²) < 4.78 is 5.63. The molecule has 0 saturated heterocycles. The minimum absolute atomic E-state index is 0.349. The lowest BCUT2D eigenvalue weighted by Crippen LogP contribution is -2.36. The van der Waals surface area contributed by atoms with Gasteiger partial charge in [0.05, 0.1) is 0 Å². The molecule has 1 saturated carbocycles. The molecule has 106 valence electrons. The van der Waals surface area contributed by atoms with Crippen LogP contribution < -0.4 is 10.1 Å².